The molecular weight excluding hydrogens is 384 g/mol. The Morgan fingerprint density at radius 1 is 1.25 bits per heavy atom. The Hall–Kier alpha value is -2.04. The van der Waals surface area contributed by atoms with Gasteiger partial charge >= 0.3 is 0 Å². The Labute approximate surface area is 165 Å². The third-order valence-corrected chi connectivity index (χ3v) is 7.18. The fraction of sp³-hybridized carbons (Fsp3) is 0.611. The van der Waals surface area contributed by atoms with Crippen molar-refractivity contribution in [3.63, 3.8) is 0 Å². The van der Waals surface area contributed by atoms with Gasteiger partial charge < -0.3 is 5.32 Å². The molecule has 1 aromatic rings. The van der Waals surface area contributed by atoms with Crippen molar-refractivity contribution in [1.29, 1.82) is 0 Å². The normalized spacial score (nSPS) is 17.3. The molecule has 2 rings (SSSR count). The van der Waals surface area contributed by atoms with Crippen LogP contribution >= 0.6 is 0 Å². The SMILES string of the molecule is CCC(C)NC(=O)CN1CCN(S(=O)(=O)c2cc([N+](=O)[O-])cc(C)c2C)CC1. The average Bonchev–Trinajstić information content (AvgIpc) is 2.63. The van der Waals surface area contributed by atoms with Crippen molar-refractivity contribution in [2.75, 3.05) is 32.7 Å². The van der Waals surface area contributed by atoms with Crippen LogP contribution in [-0.4, -0.2) is 67.2 Å². The van der Waals surface area contributed by atoms with Crippen molar-refractivity contribution >= 4 is 21.6 Å². The van der Waals surface area contributed by atoms with Gasteiger partial charge in [0, 0.05) is 44.4 Å². The lowest BCUT2D eigenvalue weighted by Crippen LogP contribution is -2.51. The number of nitrogens with one attached hydrogen (secondary N) is 1. The largest absolute Gasteiger partial charge is 0.353 e. The Morgan fingerprint density at radius 2 is 1.86 bits per heavy atom. The van der Waals surface area contributed by atoms with Crippen LogP contribution in [0.2, 0.25) is 0 Å². The minimum absolute atomic E-state index is 0.0258. The highest BCUT2D eigenvalue weighted by Crippen LogP contribution is 2.28. The van der Waals surface area contributed by atoms with Gasteiger partial charge in [-0.1, -0.05) is 6.92 Å². The zero-order valence-corrected chi connectivity index (χ0v) is 17.6. The monoisotopic (exact) mass is 412 g/mol. The number of benzene rings is 1. The van der Waals surface area contributed by atoms with E-state index in [0.717, 1.165) is 12.5 Å². The van der Waals surface area contributed by atoms with Gasteiger partial charge in [0.2, 0.25) is 15.9 Å². The Balaban J connectivity index is 2.10. The molecule has 1 unspecified atom stereocenters. The summed E-state index contributed by atoms with van der Waals surface area (Å²) in [5.41, 5.74) is 0.844. The molecule has 1 aliphatic rings. The highest BCUT2D eigenvalue weighted by Gasteiger charge is 2.32. The van der Waals surface area contributed by atoms with Crippen molar-refractivity contribution in [1.82, 2.24) is 14.5 Å². The van der Waals surface area contributed by atoms with Gasteiger partial charge in [0.25, 0.3) is 5.69 Å². The highest BCUT2D eigenvalue weighted by molar-refractivity contribution is 7.89. The van der Waals surface area contributed by atoms with Gasteiger partial charge in [-0.2, -0.15) is 4.31 Å². The van der Waals surface area contributed by atoms with E-state index in [4.69, 9.17) is 0 Å². The van der Waals surface area contributed by atoms with Crippen molar-refractivity contribution in [2.45, 2.75) is 45.1 Å². The van der Waals surface area contributed by atoms with E-state index in [0.29, 0.717) is 24.2 Å². The van der Waals surface area contributed by atoms with Crippen LogP contribution < -0.4 is 5.32 Å². The summed E-state index contributed by atoms with van der Waals surface area (Å²) in [6.07, 6.45) is 0.847. The molecule has 1 fully saturated rings. The van der Waals surface area contributed by atoms with Crippen LogP contribution in [0.4, 0.5) is 5.69 Å². The highest BCUT2D eigenvalue weighted by atomic mass is 32.2. The molecule has 1 aliphatic heterocycles. The third kappa shape index (κ3) is 5.06. The first kappa shape index (κ1) is 22.3. The maximum Gasteiger partial charge on any atom is 0.271 e. The number of piperazine rings is 1. The molecule has 1 amide bonds. The van der Waals surface area contributed by atoms with E-state index in [1.807, 2.05) is 18.7 Å². The number of hydrogen-bond acceptors (Lipinski definition) is 6. The maximum absolute atomic E-state index is 13.1. The van der Waals surface area contributed by atoms with Gasteiger partial charge in [0.15, 0.2) is 0 Å². The number of non-ortho nitro benzene ring substituents is 1. The van der Waals surface area contributed by atoms with Crippen LogP contribution in [0.1, 0.15) is 31.4 Å². The lowest BCUT2D eigenvalue weighted by atomic mass is 10.1. The van der Waals surface area contributed by atoms with Crippen LogP contribution in [0.15, 0.2) is 17.0 Å². The summed E-state index contributed by atoms with van der Waals surface area (Å²) in [7, 11) is -3.84. The maximum atomic E-state index is 13.1. The number of amides is 1. The summed E-state index contributed by atoms with van der Waals surface area (Å²) in [5, 5.41) is 14.0. The number of nitro benzene ring substituents is 1. The second-order valence-electron chi connectivity index (χ2n) is 7.20. The number of carbonyl (C=O) groups excluding carboxylic acids is 1. The predicted octanol–water partition coefficient (Wildman–Crippen LogP) is 1.43. The van der Waals surface area contributed by atoms with E-state index >= 15 is 0 Å². The van der Waals surface area contributed by atoms with Gasteiger partial charge in [-0.25, -0.2) is 8.42 Å². The fourth-order valence-corrected chi connectivity index (χ4v) is 4.81. The molecule has 0 spiro atoms. The van der Waals surface area contributed by atoms with Gasteiger partial charge in [-0.05, 0) is 38.3 Å². The van der Waals surface area contributed by atoms with Gasteiger partial charge in [-0.3, -0.25) is 19.8 Å². The Kier molecular flexibility index (Phi) is 7.13. The molecular formula is C18H28N4O5S. The fourth-order valence-electron chi connectivity index (χ4n) is 3.07. The van der Waals surface area contributed by atoms with E-state index in [1.165, 1.54) is 10.4 Å². The molecule has 9 nitrogen and oxygen atoms in total. The van der Waals surface area contributed by atoms with E-state index in [2.05, 4.69) is 5.32 Å². The molecule has 0 radical (unpaired) electrons. The molecule has 0 bridgehead atoms. The minimum Gasteiger partial charge on any atom is -0.353 e. The minimum atomic E-state index is -3.84. The molecule has 1 saturated heterocycles. The summed E-state index contributed by atoms with van der Waals surface area (Å²) >= 11 is 0. The number of aryl methyl sites for hydroxylation is 1. The summed E-state index contributed by atoms with van der Waals surface area (Å²) in [4.78, 5) is 24.4. The second-order valence-corrected chi connectivity index (χ2v) is 9.11. The van der Waals surface area contributed by atoms with Crippen LogP contribution in [0.5, 0.6) is 0 Å². The first-order valence-corrected chi connectivity index (χ1v) is 10.8. The standard InChI is InChI=1S/C18H28N4O5S/c1-5-14(3)19-18(23)12-20-6-8-21(9-7-20)28(26,27)17-11-16(22(24)25)10-13(2)15(17)4/h10-11,14H,5-9,12H2,1-4H3,(H,19,23). The van der Waals surface area contributed by atoms with Crippen molar-refractivity contribution < 1.29 is 18.1 Å². The van der Waals surface area contributed by atoms with E-state index in [1.54, 1.807) is 13.8 Å². The molecule has 1 atom stereocenters. The lowest BCUT2D eigenvalue weighted by molar-refractivity contribution is -0.385. The number of rotatable bonds is 7. The summed E-state index contributed by atoms with van der Waals surface area (Å²) in [6.45, 7) is 8.81. The molecule has 1 heterocycles. The van der Waals surface area contributed by atoms with E-state index in [9.17, 15) is 23.3 Å². The van der Waals surface area contributed by atoms with Crippen LogP contribution in [0.25, 0.3) is 0 Å². The molecule has 0 saturated carbocycles. The molecule has 28 heavy (non-hydrogen) atoms. The molecule has 10 heteroatoms. The Bertz CT molecular complexity index is 848. The summed E-state index contributed by atoms with van der Waals surface area (Å²) < 4.78 is 27.4. The van der Waals surface area contributed by atoms with Gasteiger partial charge in [0.1, 0.15) is 0 Å². The topological polar surface area (TPSA) is 113 Å². The second kappa shape index (κ2) is 8.97. The number of carbonyl (C=O) groups is 1. The first-order valence-electron chi connectivity index (χ1n) is 9.33. The molecule has 0 aromatic heterocycles. The number of nitro groups is 1. The Morgan fingerprint density at radius 3 is 2.39 bits per heavy atom. The number of sulfonamides is 1. The van der Waals surface area contributed by atoms with Crippen molar-refractivity contribution in [3.8, 4) is 0 Å². The molecule has 0 aliphatic carbocycles. The third-order valence-electron chi connectivity index (χ3n) is 5.15. The van der Waals surface area contributed by atoms with Crippen LogP contribution in [-0.2, 0) is 14.8 Å². The average molecular weight is 413 g/mol. The summed E-state index contributed by atoms with van der Waals surface area (Å²) in [5.74, 6) is -0.0733. The molecule has 156 valence electrons. The first-order chi connectivity index (χ1) is 13.1. The zero-order valence-electron chi connectivity index (χ0n) is 16.8. The molecule has 1 aromatic carbocycles. The van der Waals surface area contributed by atoms with Crippen molar-refractivity contribution in [2.24, 2.45) is 0 Å². The van der Waals surface area contributed by atoms with Gasteiger partial charge in [0.05, 0.1) is 16.4 Å². The summed E-state index contributed by atoms with van der Waals surface area (Å²) in [6, 6.07) is 2.61. The lowest BCUT2D eigenvalue weighted by Gasteiger charge is -2.34. The van der Waals surface area contributed by atoms with E-state index in [-0.39, 0.29) is 42.2 Å². The van der Waals surface area contributed by atoms with Crippen molar-refractivity contribution in [3.05, 3.63) is 33.4 Å². The quantitative estimate of drug-likeness (QED) is 0.535. The number of hydrogen-bond donors (Lipinski definition) is 1. The number of nitrogens with zero attached hydrogens (tertiary/aromatic N) is 3. The van der Waals surface area contributed by atoms with Crippen LogP contribution in [0, 0.1) is 24.0 Å². The van der Waals surface area contributed by atoms with E-state index < -0.39 is 14.9 Å². The predicted molar refractivity (Wildman–Crippen MR) is 106 cm³/mol. The molecule has 1 N–H and O–H groups in total. The van der Waals surface area contributed by atoms with Gasteiger partial charge in [-0.15, -0.1) is 0 Å². The smallest absolute Gasteiger partial charge is 0.271 e. The van der Waals surface area contributed by atoms with Crippen LogP contribution in [0.3, 0.4) is 0 Å². The zero-order chi connectivity index (χ0) is 21.1.